The molecule has 0 saturated carbocycles. The summed E-state index contributed by atoms with van der Waals surface area (Å²) >= 11 is 0. The number of hydrogen-bond acceptors (Lipinski definition) is 2. The van der Waals surface area contributed by atoms with E-state index in [0.29, 0.717) is 6.61 Å². The third kappa shape index (κ3) is 3.18. The van der Waals surface area contributed by atoms with Gasteiger partial charge in [-0.05, 0) is 11.6 Å². The van der Waals surface area contributed by atoms with Crippen LogP contribution in [0.15, 0.2) is 54.6 Å². The van der Waals surface area contributed by atoms with E-state index in [1.807, 2.05) is 60.9 Å². The van der Waals surface area contributed by atoms with Crippen LogP contribution in [-0.2, 0) is 17.8 Å². The minimum atomic E-state index is 0.269. The largest absolute Gasteiger partial charge is 0.489 e. The van der Waals surface area contributed by atoms with E-state index in [1.54, 1.807) is 0 Å². The average Bonchev–Trinajstić information content (AvgIpc) is 2.39. The molecule has 2 heteroatoms. The Morgan fingerprint density at radius 3 is 2.41 bits per heavy atom. The molecule has 0 aliphatic heterocycles. The summed E-state index contributed by atoms with van der Waals surface area (Å²) in [5.74, 6) is 0.750. The van der Waals surface area contributed by atoms with Crippen molar-refractivity contribution < 1.29 is 9.53 Å². The smallest absolute Gasteiger partial charge is 0.203 e. The Kier molecular flexibility index (Phi) is 3.92. The van der Waals surface area contributed by atoms with Gasteiger partial charge in [0.05, 0.1) is 0 Å². The second kappa shape index (κ2) is 5.85. The second-order valence-corrected chi connectivity index (χ2v) is 3.70. The summed E-state index contributed by atoms with van der Waals surface area (Å²) in [6.07, 6.45) is 2.16. The van der Waals surface area contributed by atoms with E-state index in [-0.39, 0.29) is 6.42 Å². The number of rotatable bonds is 5. The summed E-state index contributed by atoms with van der Waals surface area (Å²) in [6.45, 7) is 0.511. The number of ether oxygens (including phenoxy) is 1. The first kappa shape index (κ1) is 11.4. The second-order valence-electron chi connectivity index (χ2n) is 3.70. The molecule has 0 saturated heterocycles. The fourth-order valence-electron chi connectivity index (χ4n) is 1.60. The Labute approximate surface area is 101 Å². The lowest BCUT2D eigenvalue weighted by Crippen LogP contribution is -1.98. The van der Waals surface area contributed by atoms with Crippen molar-refractivity contribution in [3.8, 4) is 5.75 Å². The molecule has 0 heterocycles. The fraction of sp³-hybridized carbons (Fsp3) is 0.133. The summed E-state index contributed by atoms with van der Waals surface area (Å²) < 4.78 is 5.70. The quantitative estimate of drug-likeness (QED) is 0.782. The normalized spacial score (nSPS) is 9.88. The molecule has 0 aromatic heterocycles. The molecule has 2 aromatic carbocycles. The van der Waals surface area contributed by atoms with Gasteiger partial charge < -0.3 is 4.74 Å². The van der Waals surface area contributed by atoms with Crippen molar-refractivity contribution in [2.75, 3.05) is 0 Å². The number of para-hydroxylation sites is 1. The van der Waals surface area contributed by atoms with Crippen molar-refractivity contribution in [3.63, 3.8) is 0 Å². The maximum Gasteiger partial charge on any atom is 0.203 e. The first-order valence-corrected chi connectivity index (χ1v) is 5.50. The molecule has 0 aliphatic carbocycles. The van der Waals surface area contributed by atoms with E-state index in [0.717, 1.165) is 16.9 Å². The van der Waals surface area contributed by atoms with E-state index in [4.69, 9.17) is 4.74 Å². The van der Waals surface area contributed by atoms with Gasteiger partial charge in [-0.1, -0.05) is 48.5 Å². The molecule has 0 N–H and O–H groups in total. The van der Waals surface area contributed by atoms with E-state index >= 15 is 0 Å². The zero-order valence-corrected chi connectivity index (χ0v) is 9.43. The van der Waals surface area contributed by atoms with Crippen LogP contribution < -0.4 is 4.74 Å². The van der Waals surface area contributed by atoms with Crippen LogP contribution in [0.3, 0.4) is 0 Å². The van der Waals surface area contributed by atoms with Crippen molar-refractivity contribution in [2.45, 2.75) is 13.0 Å². The van der Waals surface area contributed by atoms with Crippen molar-refractivity contribution in [1.29, 1.82) is 0 Å². The Bertz CT molecular complexity index is 477. The van der Waals surface area contributed by atoms with Gasteiger partial charge in [0.15, 0.2) is 0 Å². The highest BCUT2D eigenvalue weighted by atomic mass is 16.5. The molecule has 1 radical (unpaired) electrons. The molecule has 2 aromatic rings. The van der Waals surface area contributed by atoms with Crippen molar-refractivity contribution in [2.24, 2.45) is 0 Å². The van der Waals surface area contributed by atoms with Crippen LogP contribution in [0.2, 0.25) is 0 Å². The van der Waals surface area contributed by atoms with Crippen LogP contribution >= 0.6 is 0 Å². The predicted octanol–water partition coefficient (Wildman–Crippen LogP) is 2.92. The van der Waals surface area contributed by atoms with Gasteiger partial charge in [0.25, 0.3) is 0 Å². The minimum Gasteiger partial charge on any atom is -0.489 e. The van der Waals surface area contributed by atoms with Gasteiger partial charge in [-0.25, -0.2) is 0 Å². The molecular weight excluding hydrogens is 212 g/mol. The maximum atomic E-state index is 10.4. The Morgan fingerprint density at radius 1 is 0.941 bits per heavy atom. The highest BCUT2D eigenvalue weighted by molar-refractivity contribution is 5.58. The van der Waals surface area contributed by atoms with Crippen LogP contribution in [0.4, 0.5) is 0 Å². The van der Waals surface area contributed by atoms with Crippen molar-refractivity contribution in [1.82, 2.24) is 0 Å². The topological polar surface area (TPSA) is 26.3 Å². The lowest BCUT2D eigenvalue weighted by atomic mass is 10.1. The van der Waals surface area contributed by atoms with E-state index < -0.39 is 0 Å². The highest BCUT2D eigenvalue weighted by Gasteiger charge is 2.02. The monoisotopic (exact) mass is 225 g/mol. The van der Waals surface area contributed by atoms with Crippen LogP contribution in [0.1, 0.15) is 11.1 Å². The van der Waals surface area contributed by atoms with Gasteiger partial charge in [-0.3, -0.25) is 4.79 Å². The molecule has 0 amide bonds. The van der Waals surface area contributed by atoms with E-state index in [2.05, 4.69) is 0 Å². The zero-order valence-electron chi connectivity index (χ0n) is 9.43. The van der Waals surface area contributed by atoms with Crippen LogP contribution in [0.25, 0.3) is 0 Å². The highest BCUT2D eigenvalue weighted by Crippen LogP contribution is 2.19. The third-order valence-corrected chi connectivity index (χ3v) is 2.47. The fourth-order valence-corrected chi connectivity index (χ4v) is 1.60. The molecule has 2 rings (SSSR count). The molecule has 0 spiro atoms. The summed E-state index contributed by atoms with van der Waals surface area (Å²) in [5, 5.41) is 0. The van der Waals surface area contributed by atoms with Crippen molar-refractivity contribution in [3.05, 3.63) is 65.7 Å². The SMILES string of the molecule is O=[C]Cc1ccccc1OCc1ccccc1. The van der Waals surface area contributed by atoms with Gasteiger partial charge in [0.2, 0.25) is 6.29 Å². The molecular formula is C15H13O2. The van der Waals surface area contributed by atoms with E-state index in [9.17, 15) is 4.79 Å². The molecule has 85 valence electrons. The first-order chi connectivity index (χ1) is 8.40. The van der Waals surface area contributed by atoms with Gasteiger partial charge in [-0.15, -0.1) is 0 Å². The zero-order chi connectivity index (χ0) is 11.9. The summed E-state index contributed by atoms with van der Waals surface area (Å²) in [7, 11) is 0. The maximum absolute atomic E-state index is 10.4. The van der Waals surface area contributed by atoms with Gasteiger partial charge in [-0.2, -0.15) is 0 Å². The Balaban J connectivity index is 2.06. The Hall–Kier alpha value is -2.09. The van der Waals surface area contributed by atoms with Gasteiger partial charge >= 0.3 is 0 Å². The van der Waals surface area contributed by atoms with Crippen LogP contribution in [0, 0.1) is 0 Å². The minimum absolute atomic E-state index is 0.269. The molecule has 0 atom stereocenters. The third-order valence-electron chi connectivity index (χ3n) is 2.47. The van der Waals surface area contributed by atoms with E-state index in [1.165, 1.54) is 0 Å². The van der Waals surface area contributed by atoms with Gasteiger partial charge in [0.1, 0.15) is 12.4 Å². The number of carbonyl (C=O) groups excluding carboxylic acids is 1. The lowest BCUT2D eigenvalue weighted by molar-refractivity contribution is 0.303. The molecule has 17 heavy (non-hydrogen) atoms. The first-order valence-electron chi connectivity index (χ1n) is 5.50. The standard InChI is InChI=1S/C15H13O2/c16-11-10-14-8-4-5-9-15(14)17-12-13-6-2-1-3-7-13/h1-9H,10,12H2. The van der Waals surface area contributed by atoms with Crippen LogP contribution in [-0.4, -0.2) is 6.29 Å². The molecule has 0 aliphatic rings. The summed E-state index contributed by atoms with van der Waals surface area (Å²) in [5.41, 5.74) is 1.98. The average molecular weight is 225 g/mol. The molecule has 0 unspecified atom stereocenters. The molecule has 0 bridgehead atoms. The van der Waals surface area contributed by atoms with Crippen LogP contribution in [0.5, 0.6) is 5.75 Å². The molecule has 0 fully saturated rings. The van der Waals surface area contributed by atoms with Gasteiger partial charge in [0, 0.05) is 12.0 Å². The Morgan fingerprint density at radius 2 is 1.65 bits per heavy atom. The lowest BCUT2D eigenvalue weighted by Gasteiger charge is -2.09. The predicted molar refractivity (Wildman–Crippen MR) is 66.6 cm³/mol. The number of benzene rings is 2. The number of hydrogen-bond donors (Lipinski definition) is 0. The summed E-state index contributed by atoms with van der Waals surface area (Å²) in [4.78, 5) is 10.4. The molecule has 2 nitrogen and oxygen atoms in total. The summed E-state index contributed by atoms with van der Waals surface area (Å²) in [6, 6.07) is 17.5. The van der Waals surface area contributed by atoms with Crippen molar-refractivity contribution >= 4 is 6.29 Å².